The summed E-state index contributed by atoms with van der Waals surface area (Å²) in [5, 5.41) is 14.5. The van der Waals surface area contributed by atoms with Gasteiger partial charge in [0.2, 0.25) is 5.91 Å². The molecule has 3 rings (SSSR count). The summed E-state index contributed by atoms with van der Waals surface area (Å²) in [5.41, 5.74) is 4.47. The Labute approximate surface area is 193 Å². The van der Waals surface area contributed by atoms with Crippen molar-refractivity contribution in [1.29, 1.82) is 0 Å². The molecule has 0 radical (unpaired) electrons. The van der Waals surface area contributed by atoms with Gasteiger partial charge in [0.25, 0.3) is 0 Å². The van der Waals surface area contributed by atoms with Crippen molar-refractivity contribution in [2.24, 2.45) is 5.92 Å². The van der Waals surface area contributed by atoms with Crippen LogP contribution in [0, 0.1) is 5.92 Å². The molecule has 2 unspecified atom stereocenters. The van der Waals surface area contributed by atoms with Crippen LogP contribution in [-0.2, 0) is 14.3 Å². The summed E-state index contributed by atoms with van der Waals surface area (Å²) in [6.45, 7) is 3.52. The fraction of sp³-hybridized carbons (Fsp3) is 0.400. The number of carboxylic acids is 1. The van der Waals surface area contributed by atoms with Crippen LogP contribution in [0.25, 0.3) is 11.1 Å². The maximum absolute atomic E-state index is 12.7. The minimum atomic E-state index is -1.00. The number of likely N-dealkylation sites (N-methyl/N-ethyl adjacent to an activating group) is 1. The van der Waals surface area contributed by atoms with Crippen LogP contribution < -0.4 is 10.6 Å². The van der Waals surface area contributed by atoms with Crippen molar-refractivity contribution in [2.75, 3.05) is 27.2 Å². The summed E-state index contributed by atoms with van der Waals surface area (Å²) in [7, 11) is 3.56. The molecule has 3 atom stereocenters. The standard InChI is InChI=1S/C25H31N3O5/c1-15(24(30)31)16(2)26-23(29)22(13-28(3)4)27-25(32)33-14-21-19-11-7-5-9-17(19)18-10-6-8-12-20(18)21/h5-12,15-16,21-22H,13-14H2,1-4H3,(H,26,29)(H,27,32)(H,30,31)/t15?,16?,22-/m0/s1. The third-order valence-corrected chi connectivity index (χ3v) is 6.01. The molecule has 0 fully saturated rings. The van der Waals surface area contributed by atoms with Gasteiger partial charge in [-0.2, -0.15) is 0 Å². The molecule has 33 heavy (non-hydrogen) atoms. The maximum Gasteiger partial charge on any atom is 0.407 e. The van der Waals surface area contributed by atoms with E-state index in [9.17, 15) is 14.4 Å². The zero-order valence-electron chi connectivity index (χ0n) is 19.4. The zero-order chi connectivity index (χ0) is 24.1. The van der Waals surface area contributed by atoms with Gasteiger partial charge in [-0.15, -0.1) is 0 Å². The fourth-order valence-corrected chi connectivity index (χ4v) is 4.01. The predicted octanol–water partition coefficient (Wildman–Crippen LogP) is 2.68. The highest BCUT2D eigenvalue weighted by atomic mass is 16.5. The van der Waals surface area contributed by atoms with E-state index in [0.29, 0.717) is 0 Å². The average Bonchev–Trinajstić information content (AvgIpc) is 3.10. The van der Waals surface area contributed by atoms with Gasteiger partial charge in [0.1, 0.15) is 12.6 Å². The van der Waals surface area contributed by atoms with Crippen LogP contribution in [0.3, 0.4) is 0 Å². The smallest absolute Gasteiger partial charge is 0.407 e. The SMILES string of the molecule is CC(NC(=O)[C@H](CN(C)C)NC(=O)OCC1c2ccccc2-c2ccccc21)C(C)C(=O)O. The minimum Gasteiger partial charge on any atom is -0.481 e. The third-order valence-electron chi connectivity index (χ3n) is 6.01. The number of fused-ring (bicyclic) bond motifs is 3. The molecule has 1 aliphatic rings. The Morgan fingerprint density at radius 3 is 2.03 bits per heavy atom. The summed E-state index contributed by atoms with van der Waals surface area (Å²) in [6, 6.07) is 14.6. The summed E-state index contributed by atoms with van der Waals surface area (Å²) in [4.78, 5) is 38.3. The second-order valence-electron chi connectivity index (χ2n) is 8.71. The van der Waals surface area contributed by atoms with E-state index in [1.165, 1.54) is 6.92 Å². The molecule has 2 aromatic carbocycles. The van der Waals surface area contributed by atoms with Crippen LogP contribution in [0.2, 0.25) is 0 Å². The monoisotopic (exact) mass is 453 g/mol. The van der Waals surface area contributed by atoms with E-state index < -0.39 is 36.0 Å². The Morgan fingerprint density at radius 1 is 0.970 bits per heavy atom. The molecule has 2 aromatic rings. The molecule has 0 heterocycles. The number of nitrogens with one attached hydrogen (secondary N) is 2. The third kappa shape index (κ3) is 5.70. The van der Waals surface area contributed by atoms with Crippen LogP contribution >= 0.6 is 0 Å². The molecule has 0 bridgehead atoms. The number of carboxylic acid groups (broad SMARTS) is 1. The summed E-state index contributed by atoms with van der Waals surface area (Å²) < 4.78 is 5.55. The molecule has 176 valence electrons. The van der Waals surface area contributed by atoms with Gasteiger partial charge in [-0.1, -0.05) is 48.5 Å². The molecule has 1 aliphatic carbocycles. The van der Waals surface area contributed by atoms with Crippen LogP contribution in [0.1, 0.15) is 30.9 Å². The number of hydrogen-bond donors (Lipinski definition) is 3. The topological polar surface area (TPSA) is 108 Å². The summed E-state index contributed by atoms with van der Waals surface area (Å²) in [6.07, 6.45) is -0.696. The van der Waals surface area contributed by atoms with E-state index in [0.717, 1.165) is 22.3 Å². The lowest BCUT2D eigenvalue weighted by atomic mass is 9.98. The maximum atomic E-state index is 12.7. The lowest BCUT2D eigenvalue weighted by Gasteiger charge is -2.25. The highest BCUT2D eigenvalue weighted by molar-refractivity contribution is 5.86. The molecular formula is C25H31N3O5. The van der Waals surface area contributed by atoms with Crippen molar-refractivity contribution in [3.8, 4) is 11.1 Å². The molecule has 8 nitrogen and oxygen atoms in total. The highest BCUT2D eigenvalue weighted by Crippen LogP contribution is 2.44. The molecule has 2 amide bonds. The number of amides is 2. The molecule has 0 aromatic heterocycles. The zero-order valence-corrected chi connectivity index (χ0v) is 19.4. The Hall–Kier alpha value is -3.39. The van der Waals surface area contributed by atoms with Crippen molar-refractivity contribution < 1.29 is 24.2 Å². The predicted molar refractivity (Wildman–Crippen MR) is 125 cm³/mol. The summed E-state index contributed by atoms with van der Waals surface area (Å²) >= 11 is 0. The second kappa shape index (κ2) is 10.5. The number of ether oxygens (including phenoxy) is 1. The van der Waals surface area contributed by atoms with Crippen LogP contribution in [0.5, 0.6) is 0 Å². The number of carbonyl (C=O) groups is 3. The van der Waals surface area contributed by atoms with Crippen molar-refractivity contribution in [1.82, 2.24) is 15.5 Å². The second-order valence-corrected chi connectivity index (χ2v) is 8.71. The van der Waals surface area contributed by atoms with E-state index in [-0.39, 0.29) is 19.1 Å². The molecule has 3 N–H and O–H groups in total. The van der Waals surface area contributed by atoms with Crippen LogP contribution in [0.15, 0.2) is 48.5 Å². The Morgan fingerprint density at radius 2 is 1.52 bits per heavy atom. The Kier molecular flexibility index (Phi) is 7.71. The number of carbonyl (C=O) groups excluding carboxylic acids is 2. The normalized spacial score (nSPS) is 15.2. The average molecular weight is 454 g/mol. The minimum absolute atomic E-state index is 0.0827. The van der Waals surface area contributed by atoms with Gasteiger partial charge in [-0.25, -0.2) is 4.79 Å². The van der Waals surface area contributed by atoms with E-state index in [4.69, 9.17) is 9.84 Å². The highest BCUT2D eigenvalue weighted by Gasteiger charge is 2.30. The lowest BCUT2D eigenvalue weighted by Crippen LogP contribution is -2.54. The molecular weight excluding hydrogens is 422 g/mol. The van der Waals surface area contributed by atoms with Gasteiger partial charge in [-0.3, -0.25) is 9.59 Å². The fourth-order valence-electron chi connectivity index (χ4n) is 4.01. The first kappa shape index (κ1) is 24.3. The number of benzene rings is 2. The van der Waals surface area contributed by atoms with Gasteiger partial charge < -0.3 is 25.4 Å². The quantitative estimate of drug-likeness (QED) is 0.539. The van der Waals surface area contributed by atoms with E-state index in [1.54, 1.807) is 25.9 Å². The van der Waals surface area contributed by atoms with E-state index in [1.807, 2.05) is 36.4 Å². The van der Waals surface area contributed by atoms with Gasteiger partial charge in [0.05, 0.1) is 5.92 Å². The first-order valence-corrected chi connectivity index (χ1v) is 11.0. The number of aliphatic carboxylic acids is 1. The molecule has 8 heteroatoms. The first-order chi connectivity index (χ1) is 15.7. The van der Waals surface area contributed by atoms with Gasteiger partial charge in [0.15, 0.2) is 0 Å². The first-order valence-electron chi connectivity index (χ1n) is 11.0. The van der Waals surface area contributed by atoms with E-state index in [2.05, 4.69) is 22.8 Å². The van der Waals surface area contributed by atoms with Gasteiger partial charge >= 0.3 is 12.1 Å². The lowest BCUT2D eigenvalue weighted by molar-refractivity contribution is -0.142. The van der Waals surface area contributed by atoms with Crippen molar-refractivity contribution in [3.63, 3.8) is 0 Å². The van der Waals surface area contributed by atoms with Gasteiger partial charge in [-0.05, 0) is 50.2 Å². The van der Waals surface area contributed by atoms with Crippen molar-refractivity contribution >= 4 is 18.0 Å². The molecule has 0 saturated carbocycles. The molecule has 0 saturated heterocycles. The van der Waals surface area contributed by atoms with Crippen molar-refractivity contribution in [3.05, 3.63) is 59.7 Å². The number of alkyl carbamates (subject to hydrolysis) is 1. The van der Waals surface area contributed by atoms with Crippen LogP contribution in [0.4, 0.5) is 4.79 Å². The Bertz CT molecular complexity index is 977. The van der Waals surface area contributed by atoms with Gasteiger partial charge in [0, 0.05) is 18.5 Å². The van der Waals surface area contributed by atoms with E-state index >= 15 is 0 Å². The van der Waals surface area contributed by atoms with Crippen molar-refractivity contribution in [2.45, 2.75) is 31.8 Å². The number of rotatable bonds is 9. The molecule has 0 spiro atoms. The number of nitrogens with zero attached hydrogens (tertiary/aromatic N) is 1. The Balaban J connectivity index is 1.65. The number of hydrogen-bond acceptors (Lipinski definition) is 5. The van der Waals surface area contributed by atoms with Crippen LogP contribution in [-0.4, -0.2) is 67.3 Å². The summed E-state index contributed by atoms with van der Waals surface area (Å²) in [5.74, 6) is -2.31. The largest absolute Gasteiger partial charge is 0.481 e. The molecule has 0 aliphatic heterocycles.